The zero-order valence-corrected chi connectivity index (χ0v) is 18.3. The Morgan fingerprint density at radius 3 is 2.77 bits per heavy atom. The number of nitrogens with zero attached hydrogens (tertiary/aromatic N) is 3. The minimum absolute atomic E-state index is 0.113. The summed E-state index contributed by atoms with van der Waals surface area (Å²) in [5.74, 6) is 3.10. The molecule has 7 unspecified atom stereocenters. The van der Waals surface area contributed by atoms with Crippen molar-refractivity contribution in [2.45, 2.75) is 70.4 Å². The third-order valence-electron chi connectivity index (χ3n) is 9.16. The molecule has 4 aliphatic rings. The number of carbonyl (C=O) groups excluding carboxylic acids is 1. The smallest absolute Gasteiger partial charge is 0.159 e. The van der Waals surface area contributed by atoms with Crippen LogP contribution in [-0.2, 0) is 16.1 Å². The highest BCUT2D eigenvalue weighted by Gasteiger charge is 2.57. The minimum atomic E-state index is -0.682. The molecule has 0 radical (unpaired) electrons. The van der Waals surface area contributed by atoms with Crippen LogP contribution in [0.5, 0.6) is 0 Å². The second-order valence-corrected chi connectivity index (χ2v) is 10.6. The summed E-state index contributed by atoms with van der Waals surface area (Å²) >= 11 is 0. The molecule has 6 heteroatoms. The van der Waals surface area contributed by atoms with Crippen LogP contribution < -0.4 is 0 Å². The summed E-state index contributed by atoms with van der Waals surface area (Å²) in [5.41, 5.74) is 0.904. The average molecular weight is 414 g/mol. The van der Waals surface area contributed by atoms with Crippen LogP contribution in [0.25, 0.3) is 0 Å². The summed E-state index contributed by atoms with van der Waals surface area (Å²) in [5, 5.41) is 19.2. The topological polar surface area (TPSA) is 77.2 Å². The molecule has 0 spiro atoms. The number of aliphatic hydroxyl groups is 1. The van der Waals surface area contributed by atoms with Crippen molar-refractivity contribution in [2.24, 2.45) is 35.0 Å². The highest BCUT2D eigenvalue weighted by Crippen LogP contribution is 2.63. The van der Waals surface area contributed by atoms with Crippen LogP contribution in [0.3, 0.4) is 0 Å². The number of rotatable bonds is 5. The van der Waals surface area contributed by atoms with Crippen LogP contribution in [0.2, 0.25) is 0 Å². The largest absolute Gasteiger partial charge is 0.387 e. The number of ether oxygens (including phenoxy) is 1. The van der Waals surface area contributed by atoms with Gasteiger partial charge >= 0.3 is 0 Å². The van der Waals surface area contributed by atoms with E-state index in [0.29, 0.717) is 36.7 Å². The molecule has 7 atom stereocenters. The summed E-state index contributed by atoms with van der Waals surface area (Å²) in [6.07, 6.45) is 14.1. The average Bonchev–Trinajstić information content (AvgIpc) is 3.34. The van der Waals surface area contributed by atoms with Crippen molar-refractivity contribution in [2.75, 3.05) is 13.7 Å². The Bertz CT molecular complexity index is 822. The maximum atomic E-state index is 13.1. The van der Waals surface area contributed by atoms with Crippen molar-refractivity contribution >= 4 is 5.78 Å². The molecule has 3 fully saturated rings. The lowest BCUT2D eigenvalue weighted by Gasteiger charge is -2.54. The lowest BCUT2D eigenvalue weighted by atomic mass is 9.51. The van der Waals surface area contributed by atoms with E-state index >= 15 is 0 Å². The van der Waals surface area contributed by atoms with Gasteiger partial charge in [-0.15, -0.1) is 0 Å². The van der Waals surface area contributed by atoms with E-state index in [0.717, 1.165) is 44.4 Å². The molecule has 6 nitrogen and oxygen atoms in total. The van der Waals surface area contributed by atoms with E-state index in [1.165, 1.54) is 23.2 Å². The van der Waals surface area contributed by atoms with Gasteiger partial charge in [0.15, 0.2) is 5.78 Å². The van der Waals surface area contributed by atoms with Gasteiger partial charge in [-0.25, -0.2) is 0 Å². The van der Waals surface area contributed by atoms with Gasteiger partial charge < -0.3 is 9.84 Å². The summed E-state index contributed by atoms with van der Waals surface area (Å²) in [4.78, 5) is 14.7. The van der Waals surface area contributed by atoms with Crippen molar-refractivity contribution in [3.8, 4) is 0 Å². The highest BCUT2D eigenvalue weighted by molar-refractivity contribution is 5.82. The summed E-state index contributed by atoms with van der Waals surface area (Å²) < 4.78 is 5.29. The van der Waals surface area contributed by atoms with Gasteiger partial charge in [0.05, 0.1) is 24.6 Å². The zero-order valence-electron chi connectivity index (χ0n) is 18.3. The van der Waals surface area contributed by atoms with E-state index in [2.05, 4.69) is 23.2 Å². The van der Waals surface area contributed by atoms with Crippen LogP contribution in [0.1, 0.15) is 58.3 Å². The molecule has 5 rings (SSSR count). The van der Waals surface area contributed by atoms with Crippen molar-refractivity contribution < 1.29 is 14.6 Å². The van der Waals surface area contributed by atoms with Gasteiger partial charge in [0.25, 0.3) is 0 Å². The Morgan fingerprint density at radius 2 is 2.00 bits per heavy atom. The SMILES string of the molecule is COCC1(O)CCC2C(=CCC3C2CCC2(C)C(C(=O)Cn4nccn4)CCC32)C1. The Labute approximate surface area is 179 Å². The van der Waals surface area contributed by atoms with Gasteiger partial charge in [-0.1, -0.05) is 18.6 Å². The molecule has 1 heterocycles. The molecule has 1 aromatic heterocycles. The van der Waals surface area contributed by atoms with Gasteiger partial charge in [-0.3, -0.25) is 4.79 Å². The molecule has 0 bridgehead atoms. The second-order valence-electron chi connectivity index (χ2n) is 10.6. The third-order valence-corrected chi connectivity index (χ3v) is 9.16. The van der Waals surface area contributed by atoms with Crippen molar-refractivity contribution in [3.63, 3.8) is 0 Å². The predicted molar refractivity (Wildman–Crippen MR) is 112 cm³/mol. The Hall–Kier alpha value is -1.53. The highest BCUT2D eigenvalue weighted by atomic mass is 16.5. The number of ketones is 1. The van der Waals surface area contributed by atoms with Gasteiger partial charge in [0.2, 0.25) is 0 Å². The normalized spacial score (nSPS) is 42.8. The van der Waals surface area contributed by atoms with Gasteiger partial charge in [0, 0.05) is 13.0 Å². The predicted octanol–water partition coefficient (Wildman–Crippen LogP) is 3.41. The first-order chi connectivity index (χ1) is 14.4. The lowest BCUT2D eigenvalue weighted by molar-refractivity contribution is -0.130. The standard InChI is InChI=1S/C24H35N3O3/c1-23-9-7-18-17-8-10-24(29,15-30-2)13-16(17)3-4-19(18)20(23)5-6-21(23)22(28)14-27-25-11-12-26-27/h3,11-12,17-21,29H,4-10,13-15H2,1-2H3. The first-order valence-electron chi connectivity index (χ1n) is 11.7. The first kappa shape index (κ1) is 20.4. The fourth-order valence-corrected chi connectivity index (χ4v) is 7.86. The van der Waals surface area contributed by atoms with Gasteiger partial charge in [-0.05, 0) is 80.5 Å². The van der Waals surface area contributed by atoms with E-state index in [-0.39, 0.29) is 11.3 Å². The fourth-order valence-electron chi connectivity index (χ4n) is 7.86. The Balaban J connectivity index is 1.33. The van der Waals surface area contributed by atoms with Crippen molar-refractivity contribution in [3.05, 3.63) is 24.0 Å². The number of methoxy groups -OCH3 is 1. The number of allylic oxidation sites excluding steroid dienone is 1. The number of hydrogen-bond acceptors (Lipinski definition) is 5. The molecule has 1 aromatic rings. The Kier molecular flexibility index (Phi) is 5.13. The van der Waals surface area contributed by atoms with E-state index in [1.807, 2.05) is 0 Å². The molecular weight excluding hydrogens is 378 g/mol. The lowest BCUT2D eigenvalue weighted by Crippen LogP contribution is -2.49. The van der Waals surface area contributed by atoms with Gasteiger partial charge in [0.1, 0.15) is 6.54 Å². The number of hydrogen-bond donors (Lipinski definition) is 1. The van der Waals surface area contributed by atoms with Crippen LogP contribution in [0.15, 0.2) is 24.0 Å². The molecular formula is C24H35N3O3. The summed E-state index contributed by atoms with van der Waals surface area (Å²) in [6, 6.07) is 0. The zero-order chi connectivity index (χ0) is 20.9. The first-order valence-corrected chi connectivity index (χ1v) is 11.7. The quantitative estimate of drug-likeness (QED) is 0.749. The second kappa shape index (κ2) is 7.56. The number of fused-ring (bicyclic) bond motifs is 5. The molecule has 0 aromatic carbocycles. The van der Waals surface area contributed by atoms with E-state index in [1.54, 1.807) is 19.5 Å². The minimum Gasteiger partial charge on any atom is -0.387 e. The molecule has 0 amide bonds. The molecule has 164 valence electrons. The van der Waals surface area contributed by atoms with E-state index in [9.17, 15) is 9.90 Å². The maximum absolute atomic E-state index is 13.1. The molecule has 4 aliphatic carbocycles. The van der Waals surface area contributed by atoms with Gasteiger partial charge in [-0.2, -0.15) is 15.0 Å². The summed E-state index contributed by atoms with van der Waals surface area (Å²) in [6.45, 7) is 3.12. The van der Waals surface area contributed by atoms with Crippen LogP contribution in [-0.4, -0.2) is 45.2 Å². The summed E-state index contributed by atoms with van der Waals surface area (Å²) in [7, 11) is 1.68. The molecule has 1 N–H and O–H groups in total. The van der Waals surface area contributed by atoms with Crippen molar-refractivity contribution in [1.29, 1.82) is 0 Å². The monoisotopic (exact) mass is 413 g/mol. The van der Waals surface area contributed by atoms with Crippen LogP contribution >= 0.6 is 0 Å². The molecule has 3 saturated carbocycles. The number of aromatic nitrogens is 3. The van der Waals surface area contributed by atoms with E-state index in [4.69, 9.17) is 4.74 Å². The number of Topliss-reactive ketones (excluding diaryl/α,β-unsaturated/α-hetero) is 1. The maximum Gasteiger partial charge on any atom is 0.159 e. The molecule has 30 heavy (non-hydrogen) atoms. The number of carbonyl (C=O) groups is 1. The fraction of sp³-hybridized carbons (Fsp3) is 0.792. The van der Waals surface area contributed by atoms with E-state index < -0.39 is 5.60 Å². The van der Waals surface area contributed by atoms with Crippen LogP contribution in [0, 0.1) is 35.0 Å². The molecule has 0 aliphatic heterocycles. The van der Waals surface area contributed by atoms with Crippen LogP contribution in [0.4, 0.5) is 0 Å². The van der Waals surface area contributed by atoms with Crippen molar-refractivity contribution in [1.82, 2.24) is 15.0 Å². The Morgan fingerprint density at radius 1 is 1.20 bits per heavy atom. The third kappa shape index (κ3) is 3.27. The molecule has 0 saturated heterocycles.